The Morgan fingerprint density at radius 3 is 1.11 bits per heavy atom. The first-order chi connectivity index (χ1) is 26.7. The van der Waals surface area contributed by atoms with Crippen LogP contribution in [0, 0.1) is 0 Å². The Balaban J connectivity index is 0.000000142. The van der Waals surface area contributed by atoms with Gasteiger partial charge in [0.05, 0.1) is 11.4 Å². The van der Waals surface area contributed by atoms with Crippen LogP contribution in [0.4, 0.5) is 11.4 Å². The highest BCUT2D eigenvalue weighted by atomic mass is 16.2. The van der Waals surface area contributed by atoms with Crippen molar-refractivity contribution in [3.8, 4) is 22.3 Å². The number of rotatable bonds is 4. The summed E-state index contributed by atoms with van der Waals surface area (Å²) < 4.78 is 0. The van der Waals surface area contributed by atoms with E-state index in [1.165, 1.54) is 44.2 Å². The number of fused-ring (bicyclic) bond motifs is 6. The number of hydrogen-bond donors (Lipinski definition) is 0. The summed E-state index contributed by atoms with van der Waals surface area (Å²) in [6.07, 6.45) is 1.76. The van der Waals surface area contributed by atoms with Gasteiger partial charge in [0.1, 0.15) is 0 Å². The molecule has 0 N–H and O–H groups in total. The summed E-state index contributed by atoms with van der Waals surface area (Å²) >= 11 is 0. The van der Waals surface area contributed by atoms with E-state index in [4.69, 9.17) is 0 Å². The molecule has 4 nitrogen and oxygen atoms in total. The number of amides is 2. The third kappa shape index (κ3) is 6.02. The average molecular weight is 699 g/mol. The molecule has 0 saturated carbocycles. The molecular formula is C50H38N2O2. The normalized spacial score (nSPS) is 13.0. The fraction of sp³-hybridized carbons (Fsp3) is 0.0800. The zero-order valence-electron chi connectivity index (χ0n) is 29.9. The number of hydrogen-bond acceptors (Lipinski definition) is 2. The molecule has 54 heavy (non-hydrogen) atoms. The largest absolute Gasteiger partial charge is 0.307 e. The molecule has 0 fully saturated rings. The van der Waals surface area contributed by atoms with Gasteiger partial charge >= 0.3 is 0 Å². The lowest BCUT2D eigenvalue weighted by molar-refractivity contribution is 0.0982. The van der Waals surface area contributed by atoms with Gasteiger partial charge in [0.2, 0.25) is 0 Å². The van der Waals surface area contributed by atoms with Crippen LogP contribution in [0.15, 0.2) is 182 Å². The monoisotopic (exact) mass is 698 g/mol. The van der Waals surface area contributed by atoms with Crippen LogP contribution in [0.5, 0.6) is 0 Å². The first kappa shape index (κ1) is 33.1. The lowest BCUT2D eigenvalue weighted by atomic mass is 9.93. The Labute approximate surface area is 315 Å². The standard InChI is InChI=1S/2C25H19NO/c2*27-25(19-11-5-2-6-12-19)26-16-15-22-23(18-9-3-1-4-10-18)17-20-13-7-8-14-21(20)24(22)26/h2*1-14,17H,15-16H2. The summed E-state index contributed by atoms with van der Waals surface area (Å²) in [6.45, 7) is 1.44. The van der Waals surface area contributed by atoms with E-state index >= 15 is 0 Å². The Hall–Kier alpha value is -6.78. The minimum atomic E-state index is 0.0738. The van der Waals surface area contributed by atoms with Crippen LogP contribution in [0.25, 0.3) is 43.8 Å². The van der Waals surface area contributed by atoms with E-state index in [-0.39, 0.29) is 11.8 Å². The van der Waals surface area contributed by atoms with Crippen LogP contribution >= 0.6 is 0 Å². The van der Waals surface area contributed by atoms with Crippen molar-refractivity contribution in [3.05, 3.63) is 204 Å². The van der Waals surface area contributed by atoms with Crippen LogP contribution in [-0.2, 0) is 12.8 Å². The SMILES string of the molecule is O=C(c1ccccc1)N1CCc2c(-c3ccccc3)cc3ccccc3c21.O=C(c1ccccc1)N1CCc2c(-c3ccccc3)cc3ccccc3c21. The molecule has 2 aliphatic rings. The number of nitrogens with zero attached hydrogens (tertiary/aromatic N) is 2. The zero-order valence-corrected chi connectivity index (χ0v) is 29.9. The van der Waals surface area contributed by atoms with Gasteiger partial charge in [-0.1, -0.05) is 146 Å². The fourth-order valence-corrected chi connectivity index (χ4v) is 8.17. The molecule has 4 heteroatoms. The molecule has 0 saturated heterocycles. The summed E-state index contributed by atoms with van der Waals surface area (Å²) in [7, 11) is 0. The summed E-state index contributed by atoms with van der Waals surface area (Å²) in [5.41, 5.74) is 11.0. The fourth-order valence-electron chi connectivity index (χ4n) is 8.17. The molecule has 10 rings (SSSR count). The molecule has 2 aliphatic heterocycles. The number of carbonyl (C=O) groups excluding carboxylic acids is 2. The zero-order chi connectivity index (χ0) is 36.4. The van der Waals surface area contributed by atoms with E-state index in [9.17, 15) is 9.59 Å². The van der Waals surface area contributed by atoms with Gasteiger partial charge in [-0.15, -0.1) is 0 Å². The maximum atomic E-state index is 13.2. The van der Waals surface area contributed by atoms with Gasteiger partial charge in [0.15, 0.2) is 0 Å². The summed E-state index contributed by atoms with van der Waals surface area (Å²) in [4.78, 5) is 30.4. The Morgan fingerprint density at radius 1 is 0.389 bits per heavy atom. The van der Waals surface area contributed by atoms with Crippen LogP contribution in [0.1, 0.15) is 31.8 Å². The first-order valence-electron chi connectivity index (χ1n) is 18.6. The van der Waals surface area contributed by atoms with E-state index in [0.717, 1.165) is 59.2 Å². The first-order valence-corrected chi connectivity index (χ1v) is 18.6. The highest BCUT2D eigenvalue weighted by molar-refractivity contribution is 6.15. The van der Waals surface area contributed by atoms with Crippen molar-refractivity contribution in [2.24, 2.45) is 0 Å². The maximum Gasteiger partial charge on any atom is 0.258 e. The molecule has 0 atom stereocenters. The summed E-state index contributed by atoms with van der Waals surface area (Å²) in [5, 5.41) is 4.63. The summed E-state index contributed by atoms with van der Waals surface area (Å²) in [5.74, 6) is 0.148. The second-order valence-corrected chi connectivity index (χ2v) is 13.8. The third-order valence-corrected chi connectivity index (χ3v) is 10.7. The smallest absolute Gasteiger partial charge is 0.258 e. The van der Waals surface area contributed by atoms with Crippen molar-refractivity contribution in [3.63, 3.8) is 0 Å². The second-order valence-electron chi connectivity index (χ2n) is 13.8. The Bertz CT molecular complexity index is 2450. The molecule has 0 aromatic heterocycles. The Morgan fingerprint density at radius 2 is 0.722 bits per heavy atom. The van der Waals surface area contributed by atoms with Crippen LogP contribution in [0.2, 0.25) is 0 Å². The molecule has 8 aromatic carbocycles. The minimum Gasteiger partial charge on any atom is -0.307 e. The van der Waals surface area contributed by atoms with Crippen LogP contribution < -0.4 is 9.80 Å². The molecule has 0 spiro atoms. The van der Waals surface area contributed by atoms with Gasteiger partial charge in [0.25, 0.3) is 11.8 Å². The average Bonchev–Trinajstić information content (AvgIpc) is 3.91. The molecule has 0 unspecified atom stereocenters. The quantitative estimate of drug-likeness (QED) is 0.184. The number of anilines is 2. The molecular weight excluding hydrogens is 661 g/mol. The van der Waals surface area contributed by atoms with Gasteiger partial charge in [-0.2, -0.15) is 0 Å². The molecule has 0 bridgehead atoms. The van der Waals surface area contributed by atoms with Crippen molar-refractivity contribution < 1.29 is 9.59 Å². The van der Waals surface area contributed by atoms with Crippen molar-refractivity contribution in [2.75, 3.05) is 22.9 Å². The molecule has 260 valence electrons. The second kappa shape index (κ2) is 14.3. The molecule has 8 aromatic rings. The third-order valence-electron chi connectivity index (χ3n) is 10.7. The van der Waals surface area contributed by atoms with Crippen molar-refractivity contribution in [1.29, 1.82) is 0 Å². The van der Waals surface area contributed by atoms with E-state index < -0.39 is 0 Å². The van der Waals surface area contributed by atoms with Crippen molar-refractivity contribution >= 4 is 44.7 Å². The van der Waals surface area contributed by atoms with E-state index in [2.05, 4.69) is 97.1 Å². The highest BCUT2D eigenvalue weighted by Crippen LogP contribution is 2.44. The van der Waals surface area contributed by atoms with Crippen LogP contribution in [0.3, 0.4) is 0 Å². The predicted molar refractivity (Wildman–Crippen MR) is 222 cm³/mol. The molecule has 0 aliphatic carbocycles. The van der Waals surface area contributed by atoms with E-state index in [0.29, 0.717) is 0 Å². The van der Waals surface area contributed by atoms with Crippen LogP contribution in [-0.4, -0.2) is 24.9 Å². The molecule has 2 amide bonds. The topological polar surface area (TPSA) is 40.6 Å². The predicted octanol–water partition coefficient (Wildman–Crippen LogP) is 11.4. The lowest BCUT2D eigenvalue weighted by Gasteiger charge is -2.20. The van der Waals surface area contributed by atoms with Crippen molar-refractivity contribution in [1.82, 2.24) is 0 Å². The van der Waals surface area contributed by atoms with Gasteiger partial charge in [-0.05, 0) is 93.4 Å². The van der Waals surface area contributed by atoms with Crippen molar-refractivity contribution in [2.45, 2.75) is 12.8 Å². The van der Waals surface area contributed by atoms with Gasteiger partial charge in [-0.25, -0.2) is 0 Å². The van der Waals surface area contributed by atoms with Gasteiger partial charge in [-0.3, -0.25) is 9.59 Å². The number of benzene rings is 8. The highest BCUT2D eigenvalue weighted by Gasteiger charge is 2.31. The maximum absolute atomic E-state index is 13.2. The lowest BCUT2D eigenvalue weighted by Crippen LogP contribution is -2.28. The number of carbonyl (C=O) groups is 2. The minimum absolute atomic E-state index is 0.0738. The van der Waals surface area contributed by atoms with Gasteiger partial charge < -0.3 is 9.80 Å². The molecule has 2 heterocycles. The summed E-state index contributed by atoms with van der Waals surface area (Å²) in [6, 6.07) is 61.3. The Kier molecular flexibility index (Phi) is 8.78. The van der Waals surface area contributed by atoms with E-state index in [1.54, 1.807) is 0 Å². The van der Waals surface area contributed by atoms with Gasteiger partial charge in [0, 0.05) is 35.0 Å². The van der Waals surface area contributed by atoms with E-state index in [1.807, 2.05) is 94.7 Å². The molecule has 0 radical (unpaired) electrons.